The molecule has 7 heteroatoms. The molecule has 2 bridgehead atoms. The van der Waals surface area contributed by atoms with E-state index in [1.165, 1.54) is 5.57 Å². The van der Waals surface area contributed by atoms with Crippen LogP contribution in [0.3, 0.4) is 0 Å². The Balaban J connectivity index is 1.27. The third-order valence-corrected chi connectivity index (χ3v) is 11.5. The molecular weight excluding hydrogens is 491 g/mol. The van der Waals surface area contributed by atoms with Crippen LogP contribution >= 0.6 is 11.6 Å². The van der Waals surface area contributed by atoms with Gasteiger partial charge in [0, 0.05) is 29.5 Å². The average molecular weight is 527 g/mol. The average Bonchev–Trinajstić information content (AvgIpc) is 3.40. The van der Waals surface area contributed by atoms with Crippen LogP contribution in [0.2, 0.25) is 5.15 Å². The summed E-state index contributed by atoms with van der Waals surface area (Å²) in [5, 5.41) is 24.6. The minimum Gasteiger partial charge on any atom is -0.390 e. The first kappa shape index (κ1) is 24.5. The van der Waals surface area contributed by atoms with Crippen LogP contribution in [0.5, 0.6) is 0 Å². The molecule has 1 aromatic carbocycles. The van der Waals surface area contributed by atoms with Crippen molar-refractivity contribution in [3.05, 3.63) is 47.3 Å². The van der Waals surface area contributed by atoms with Crippen molar-refractivity contribution in [3.63, 3.8) is 0 Å². The van der Waals surface area contributed by atoms with Gasteiger partial charge >= 0.3 is 0 Å². The van der Waals surface area contributed by atoms with E-state index in [-0.39, 0.29) is 29.7 Å². The van der Waals surface area contributed by atoms with E-state index in [2.05, 4.69) is 30.1 Å². The summed E-state index contributed by atoms with van der Waals surface area (Å²) in [6, 6.07) is 8.13. The quantitative estimate of drug-likeness (QED) is 0.529. The van der Waals surface area contributed by atoms with Gasteiger partial charge in [0.25, 0.3) is 0 Å². The van der Waals surface area contributed by atoms with Crippen LogP contribution in [0.15, 0.2) is 36.5 Å². The van der Waals surface area contributed by atoms with E-state index < -0.39 is 29.1 Å². The van der Waals surface area contributed by atoms with Gasteiger partial charge in [0.15, 0.2) is 0 Å². The Morgan fingerprint density at radius 1 is 1.08 bits per heavy atom. The number of likely N-dealkylation sites (N-methyl/N-ethyl adjacent to an activating group) is 1. The number of halogens is 2. The Morgan fingerprint density at radius 2 is 1.89 bits per heavy atom. The molecule has 1 aromatic heterocycles. The minimum atomic E-state index is -1.50. The van der Waals surface area contributed by atoms with Gasteiger partial charge in [0.1, 0.15) is 16.4 Å². The van der Waals surface area contributed by atoms with E-state index in [1.807, 2.05) is 31.1 Å². The molecule has 37 heavy (non-hydrogen) atoms. The van der Waals surface area contributed by atoms with Gasteiger partial charge in [0.2, 0.25) is 0 Å². The van der Waals surface area contributed by atoms with E-state index in [4.69, 9.17) is 16.3 Å². The van der Waals surface area contributed by atoms with Gasteiger partial charge in [0.05, 0.1) is 17.8 Å². The largest absolute Gasteiger partial charge is 0.390 e. The lowest BCUT2D eigenvalue weighted by molar-refractivity contribution is -0.314. The van der Waals surface area contributed by atoms with Crippen molar-refractivity contribution >= 4 is 27.9 Å². The number of hydrogen-bond donors (Lipinski definition) is 2. The molecule has 3 aliphatic carbocycles. The Bertz CT molecular complexity index is 1320. The number of rotatable bonds is 2. The van der Waals surface area contributed by atoms with Gasteiger partial charge in [-0.2, -0.15) is 0 Å². The van der Waals surface area contributed by atoms with Crippen LogP contribution in [-0.2, 0) is 4.74 Å². The first-order valence-electron chi connectivity index (χ1n) is 13.7. The first-order valence-corrected chi connectivity index (χ1v) is 14.1. The third-order valence-electron chi connectivity index (χ3n) is 11.2. The van der Waals surface area contributed by atoms with Crippen molar-refractivity contribution < 1.29 is 19.3 Å². The number of nitrogens with zero attached hydrogens (tertiary/aromatic N) is 2. The number of aliphatic hydroxyl groups excluding tert-OH is 2. The summed E-state index contributed by atoms with van der Waals surface area (Å²) < 4.78 is 24.3. The molecule has 2 saturated carbocycles. The normalized spacial score (nSPS) is 46.5. The standard InChI is InChI=1S/C30H36ClFN2O3/c1-27-9-11-29(32)15-21-24(35)25(36)22(34(2)3)16-28(21)10-12-30(29,37-28)23(27)7-6-20(27)18-4-5-19-17(14-18)8-13-33-26(19)31/h4-6,8,13-14,21-25,35-36H,7,9-12,15-16H2,1-3H3/t21?,22-,23?,24+,25+,27+,28+,29?,30-/m0/s1. The molecule has 2 N–H and O–H groups in total. The van der Waals surface area contributed by atoms with Crippen molar-refractivity contribution in [2.24, 2.45) is 17.3 Å². The van der Waals surface area contributed by atoms with E-state index in [9.17, 15) is 10.2 Å². The number of hydrogen-bond acceptors (Lipinski definition) is 5. The Hall–Kier alpha value is -1.57. The monoisotopic (exact) mass is 526 g/mol. The first-order chi connectivity index (χ1) is 17.5. The van der Waals surface area contributed by atoms with Gasteiger partial charge in [-0.1, -0.05) is 36.7 Å². The number of aliphatic hydroxyl groups is 2. The topological polar surface area (TPSA) is 65.8 Å². The maximum atomic E-state index is 17.2. The number of benzene rings is 1. The number of allylic oxidation sites excluding steroid dienone is 2. The number of ether oxygens (including phenoxy) is 1. The maximum Gasteiger partial charge on any atom is 0.140 e. The number of alkyl halides is 1. The molecule has 3 unspecified atom stereocenters. The Morgan fingerprint density at radius 3 is 2.68 bits per heavy atom. The van der Waals surface area contributed by atoms with Crippen molar-refractivity contribution in [1.29, 1.82) is 0 Å². The SMILES string of the molecule is CN(C)[C@H]1C[C@@]23CC[C@]4(O2)C2CC=C(c5ccc6c(Cl)nccc6c5)[C@@]2(C)CCC4(F)CC3[C@@H](O)[C@@H]1O. The number of fused-ring (bicyclic) bond motifs is 2. The molecule has 2 aromatic rings. The highest BCUT2D eigenvalue weighted by atomic mass is 35.5. The molecule has 2 aliphatic heterocycles. The molecule has 198 valence electrons. The van der Waals surface area contributed by atoms with E-state index in [0.29, 0.717) is 24.4 Å². The summed E-state index contributed by atoms with van der Waals surface area (Å²) in [6.07, 6.45) is 6.42. The molecule has 2 saturated heterocycles. The number of aromatic nitrogens is 1. The molecular formula is C30H36ClFN2O3. The molecule has 0 radical (unpaired) electrons. The van der Waals surface area contributed by atoms with Crippen molar-refractivity contribution in [2.45, 2.75) is 87.0 Å². The van der Waals surface area contributed by atoms with Gasteiger partial charge in [-0.15, -0.1) is 0 Å². The fourth-order valence-corrected chi connectivity index (χ4v) is 9.55. The zero-order valence-electron chi connectivity index (χ0n) is 21.8. The highest BCUT2D eigenvalue weighted by Gasteiger charge is 2.77. The summed E-state index contributed by atoms with van der Waals surface area (Å²) >= 11 is 6.32. The number of pyridine rings is 1. The summed E-state index contributed by atoms with van der Waals surface area (Å²) in [4.78, 5) is 6.18. The van der Waals surface area contributed by atoms with Gasteiger partial charge in [-0.3, -0.25) is 0 Å². The highest BCUT2D eigenvalue weighted by molar-refractivity contribution is 6.34. The fourth-order valence-electron chi connectivity index (χ4n) is 9.32. The van der Waals surface area contributed by atoms with Gasteiger partial charge in [-0.25, -0.2) is 9.37 Å². The second-order valence-electron chi connectivity index (χ2n) is 12.9. The van der Waals surface area contributed by atoms with E-state index in [0.717, 1.165) is 35.6 Å². The third kappa shape index (κ3) is 3.02. The molecule has 2 spiro atoms. The molecule has 0 amide bonds. The van der Waals surface area contributed by atoms with Crippen LogP contribution in [0.25, 0.3) is 16.3 Å². The van der Waals surface area contributed by atoms with Gasteiger partial charge in [-0.05, 0) is 93.1 Å². The van der Waals surface area contributed by atoms with Crippen LogP contribution in [0.1, 0.15) is 57.4 Å². The zero-order chi connectivity index (χ0) is 26.0. The lowest BCUT2D eigenvalue weighted by Crippen LogP contribution is -2.72. The van der Waals surface area contributed by atoms with Crippen molar-refractivity contribution in [1.82, 2.24) is 9.88 Å². The molecule has 3 heterocycles. The second-order valence-corrected chi connectivity index (χ2v) is 13.3. The van der Waals surface area contributed by atoms with Crippen LogP contribution in [0, 0.1) is 17.3 Å². The molecule has 5 nitrogen and oxygen atoms in total. The van der Waals surface area contributed by atoms with E-state index in [1.54, 1.807) is 6.20 Å². The zero-order valence-corrected chi connectivity index (χ0v) is 22.5. The summed E-state index contributed by atoms with van der Waals surface area (Å²) in [6.45, 7) is 2.30. The maximum absolute atomic E-state index is 17.2. The predicted octanol–water partition coefficient (Wildman–Crippen LogP) is 5.16. The summed E-state index contributed by atoms with van der Waals surface area (Å²) in [7, 11) is 3.87. The van der Waals surface area contributed by atoms with Crippen molar-refractivity contribution in [2.75, 3.05) is 14.1 Å². The molecule has 4 fully saturated rings. The minimum absolute atomic E-state index is 0.0348. The van der Waals surface area contributed by atoms with Crippen LogP contribution in [0.4, 0.5) is 4.39 Å². The van der Waals surface area contributed by atoms with Gasteiger partial charge < -0.3 is 19.8 Å². The fraction of sp³-hybridized carbons (Fsp3) is 0.633. The molecule has 5 aliphatic rings. The smallest absolute Gasteiger partial charge is 0.140 e. The van der Waals surface area contributed by atoms with Crippen molar-refractivity contribution in [3.8, 4) is 0 Å². The lowest BCUT2D eigenvalue weighted by Gasteiger charge is -2.64. The van der Waals surface area contributed by atoms with E-state index >= 15 is 4.39 Å². The van der Waals surface area contributed by atoms with Crippen LogP contribution in [-0.4, -0.2) is 69.3 Å². The highest BCUT2D eigenvalue weighted by Crippen LogP contribution is 2.72. The molecule has 7 rings (SSSR count). The summed E-state index contributed by atoms with van der Waals surface area (Å²) in [5.41, 5.74) is -0.714. The van der Waals surface area contributed by atoms with Crippen LogP contribution < -0.4 is 0 Å². The Labute approximate surface area is 222 Å². The second kappa shape index (κ2) is 7.76. The molecule has 9 atom stereocenters. The predicted molar refractivity (Wildman–Crippen MR) is 142 cm³/mol. The Kier molecular flexibility index (Phi) is 5.13. The lowest BCUT2D eigenvalue weighted by atomic mass is 9.51. The summed E-state index contributed by atoms with van der Waals surface area (Å²) in [5.74, 6) is -0.344.